The Labute approximate surface area is 233 Å². The standard InChI is InChI=1S/C28H29F3N6O4/c1-27(2,3)41-26(39)37(15-38)25-19-10-11-36(24(19)33-14-34-25)22-9-8-18(40-22)7-5-16-4-6-17-13-20(28(29,30)31)23(32)35-21(17)12-16/h4,6,10-15,18,22H,5,7-9H2,1-3H3,(H2,32,35). The van der Waals surface area contributed by atoms with E-state index in [1.165, 1.54) is 6.33 Å². The van der Waals surface area contributed by atoms with Crippen LogP contribution >= 0.6 is 0 Å². The van der Waals surface area contributed by atoms with E-state index in [0.717, 1.165) is 23.0 Å². The van der Waals surface area contributed by atoms with Gasteiger partial charge in [0, 0.05) is 11.6 Å². The van der Waals surface area contributed by atoms with E-state index in [2.05, 4.69) is 15.0 Å². The summed E-state index contributed by atoms with van der Waals surface area (Å²) in [6, 6.07) is 7.89. The van der Waals surface area contributed by atoms with Gasteiger partial charge in [-0.25, -0.2) is 19.7 Å². The van der Waals surface area contributed by atoms with Crippen LogP contribution in [0.25, 0.3) is 21.9 Å². The quantitative estimate of drug-likeness (QED) is 0.289. The third kappa shape index (κ3) is 5.94. The van der Waals surface area contributed by atoms with Crippen molar-refractivity contribution in [1.82, 2.24) is 19.5 Å². The Balaban J connectivity index is 1.28. The lowest BCUT2D eigenvalue weighted by Gasteiger charge is -2.23. The Morgan fingerprint density at radius 2 is 1.98 bits per heavy atom. The highest BCUT2D eigenvalue weighted by atomic mass is 19.4. The average molecular weight is 571 g/mol. The minimum atomic E-state index is -4.56. The summed E-state index contributed by atoms with van der Waals surface area (Å²) in [5.41, 5.74) is 5.65. The highest BCUT2D eigenvalue weighted by Gasteiger charge is 2.34. The summed E-state index contributed by atoms with van der Waals surface area (Å²) in [5, 5.41) is 0.863. The minimum absolute atomic E-state index is 0.0617. The monoisotopic (exact) mass is 570 g/mol. The van der Waals surface area contributed by atoms with Gasteiger partial charge in [0.15, 0.2) is 5.82 Å². The van der Waals surface area contributed by atoms with Crippen LogP contribution in [0.4, 0.5) is 29.6 Å². The maximum atomic E-state index is 13.1. The summed E-state index contributed by atoms with van der Waals surface area (Å²) in [6.07, 6.45) is 0.465. The van der Waals surface area contributed by atoms with E-state index >= 15 is 0 Å². The van der Waals surface area contributed by atoms with Crippen LogP contribution in [-0.4, -0.2) is 43.7 Å². The van der Waals surface area contributed by atoms with Gasteiger partial charge in [0.2, 0.25) is 6.41 Å². The number of carbonyl (C=O) groups excluding carboxylic acids is 2. The molecule has 41 heavy (non-hydrogen) atoms. The number of pyridine rings is 1. The summed E-state index contributed by atoms with van der Waals surface area (Å²) in [4.78, 5) is 37.7. The fourth-order valence-electron chi connectivity index (χ4n) is 4.91. The number of aromatic nitrogens is 4. The molecule has 2 N–H and O–H groups in total. The van der Waals surface area contributed by atoms with Crippen LogP contribution in [0, 0.1) is 0 Å². The van der Waals surface area contributed by atoms with E-state index in [1.807, 2.05) is 4.57 Å². The van der Waals surface area contributed by atoms with Gasteiger partial charge < -0.3 is 19.8 Å². The van der Waals surface area contributed by atoms with Gasteiger partial charge in [-0.3, -0.25) is 4.79 Å². The molecule has 0 radical (unpaired) electrons. The average Bonchev–Trinajstić information content (AvgIpc) is 3.53. The lowest BCUT2D eigenvalue weighted by atomic mass is 10.0. The summed E-state index contributed by atoms with van der Waals surface area (Å²) in [5.74, 6) is -0.433. The number of rotatable bonds is 6. The molecule has 1 saturated heterocycles. The maximum absolute atomic E-state index is 13.1. The molecule has 4 aromatic rings. The summed E-state index contributed by atoms with van der Waals surface area (Å²) < 4.78 is 52.9. The first kappa shape index (κ1) is 28.3. The van der Waals surface area contributed by atoms with Crippen LogP contribution in [0.15, 0.2) is 42.9 Å². The summed E-state index contributed by atoms with van der Waals surface area (Å²) in [7, 11) is 0. The van der Waals surface area contributed by atoms with E-state index in [-0.39, 0.29) is 18.1 Å². The number of nitrogens with two attached hydrogens (primary N) is 1. The molecule has 1 aromatic carbocycles. The zero-order chi connectivity index (χ0) is 29.5. The lowest BCUT2D eigenvalue weighted by Crippen LogP contribution is -2.36. The number of aryl methyl sites for hydroxylation is 1. The molecule has 2 atom stereocenters. The highest BCUT2D eigenvalue weighted by molar-refractivity contribution is 6.08. The third-order valence-corrected chi connectivity index (χ3v) is 6.78. The summed E-state index contributed by atoms with van der Waals surface area (Å²) in [6.45, 7) is 5.11. The molecular formula is C28H29F3N6O4. The molecule has 1 aliphatic rings. The van der Waals surface area contributed by atoms with Crippen molar-refractivity contribution in [2.45, 2.75) is 70.6 Å². The minimum Gasteiger partial charge on any atom is -0.443 e. The summed E-state index contributed by atoms with van der Waals surface area (Å²) >= 11 is 0. The second-order valence-electron chi connectivity index (χ2n) is 10.9. The molecule has 1 aliphatic heterocycles. The number of ether oxygens (including phenoxy) is 2. The van der Waals surface area contributed by atoms with Crippen molar-refractivity contribution in [2.24, 2.45) is 0 Å². The molecule has 4 heterocycles. The second-order valence-corrected chi connectivity index (χ2v) is 10.9. The number of alkyl halides is 3. The Kier molecular flexibility index (Phi) is 7.32. The maximum Gasteiger partial charge on any atom is 0.422 e. The molecule has 10 nitrogen and oxygen atoms in total. The van der Waals surface area contributed by atoms with Crippen molar-refractivity contribution in [3.05, 3.63) is 54.0 Å². The largest absolute Gasteiger partial charge is 0.443 e. The normalized spacial score (nSPS) is 17.7. The number of fused-ring (bicyclic) bond motifs is 2. The molecule has 2 unspecified atom stereocenters. The second kappa shape index (κ2) is 10.6. The first-order valence-electron chi connectivity index (χ1n) is 13.0. The van der Waals surface area contributed by atoms with Crippen molar-refractivity contribution < 1.29 is 32.2 Å². The van der Waals surface area contributed by atoms with Gasteiger partial charge in [-0.1, -0.05) is 12.1 Å². The Morgan fingerprint density at radius 1 is 1.20 bits per heavy atom. The number of carbonyl (C=O) groups is 2. The SMILES string of the molecule is CC(C)(C)OC(=O)N(C=O)c1ncnc2c1ccn2C1CCC(CCc2ccc3cc(C(F)(F)F)c(N)nc3c2)O1. The molecule has 0 saturated carbocycles. The van der Waals surface area contributed by atoms with Crippen molar-refractivity contribution in [3.8, 4) is 0 Å². The van der Waals surface area contributed by atoms with Gasteiger partial charge >= 0.3 is 12.3 Å². The van der Waals surface area contributed by atoms with Gasteiger partial charge in [0.1, 0.15) is 29.6 Å². The van der Waals surface area contributed by atoms with Gasteiger partial charge in [-0.15, -0.1) is 0 Å². The number of nitrogen functional groups attached to an aromatic ring is 1. The number of anilines is 2. The van der Waals surface area contributed by atoms with Gasteiger partial charge in [0.05, 0.1) is 22.6 Å². The van der Waals surface area contributed by atoms with Crippen LogP contribution in [0.3, 0.4) is 0 Å². The van der Waals surface area contributed by atoms with E-state index in [4.69, 9.17) is 15.2 Å². The Bertz CT molecular complexity index is 1610. The van der Waals surface area contributed by atoms with Crippen LogP contribution < -0.4 is 10.6 Å². The van der Waals surface area contributed by atoms with Crippen molar-refractivity contribution in [3.63, 3.8) is 0 Å². The van der Waals surface area contributed by atoms with Gasteiger partial charge in [-0.05, 0) is 70.2 Å². The molecule has 1 fully saturated rings. The number of imide groups is 1. The van der Waals surface area contributed by atoms with Crippen LogP contribution in [0.1, 0.15) is 57.4 Å². The topological polar surface area (TPSA) is 125 Å². The Morgan fingerprint density at radius 3 is 2.68 bits per heavy atom. The van der Waals surface area contributed by atoms with E-state index in [1.54, 1.807) is 51.2 Å². The van der Waals surface area contributed by atoms with Gasteiger partial charge in [-0.2, -0.15) is 18.1 Å². The predicted molar refractivity (Wildman–Crippen MR) is 145 cm³/mol. The molecule has 13 heteroatoms. The third-order valence-electron chi connectivity index (χ3n) is 6.78. The van der Waals surface area contributed by atoms with E-state index in [9.17, 15) is 22.8 Å². The molecule has 5 rings (SSSR count). The Hall–Kier alpha value is -4.26. The fourth-order valence-corrected chi connectivity index (χ4v) is 4.91. The number of hydrogen-bond acceptors (Lipinski definition) is 8. The highest BCUT2D eigenvalue weighted by Crippen LogP contribution is 2.36. The zero-order valence-electron chi connectivity index (χ0n) is 22.7. The molecule has 0 aliphatic carbocycles. The fraction of sp³-hybridized carbons (Fsp3) is 0.393. The van der Waals surface area contributed by atoms with Crippen LogP contribution in [0.5, 0.6) is 0 Å². The lowest BCUT2D eigenvalue weighted by molar-refractivity contribution is -0.137. The van der Waals surface area contributed by atoms with E-state index in [0.29, 0.717) is 47.6 Å². The number of nitrogens with zero attached hydrogens (tertiary/aromatic N) is 5. The van der Waals surface area contributed by atoms with Gasteiger partial charge in [0.25, 0.3) is 0 Å². The van der Waals surface area contributed by atoms with Crippen molar-refractivity contribution in [1.29, 1.82) is 0 Å². The van der Waals surface area contributed by atoms with E-state index < -0.39 is 29.3 Å². The van der Waals surface area contributed by atoms with Crippen LogP contribution in [-0.2, 0) is 26.9 Å². The first-order valence-corrected chi connectivity index (χ1v) is 13.0. The molecule has 0 bridgehead atoms. The molecular weight excluding hydrogens is 541 g/mol. The molecule has 216 valence electrons. The smallest absolute Gasteiger partial charge is 0.422 e. The number of hydrogen-bond donors (Lipinski definition) is 1. The zero-order valence-corrected chi connectivity index (χ0v) is 22.7. The van der Waals surface area contributed by atoms with Crippen molar-refractivity contribution in [2.75, 3.05) is 10.6 Å². The number of halogens is 3. The first-order chi connectivity index (χ1) is 19.3. The number of benzene rings is 1. The van der Waals surface area contributed by atoms with Crippen molar-refractivity contribution >= 4 is 46.1 Å². The number of amides is 2. The molecule has 2 amide bonds. The molecule has 0 spiro atoms. The predicted octanol–water partition coefficient (Wildman–Crippen LogP) is 5.79. The van der Waals surface area contributed by atoms with Crippen LogP contribution in [0.2, 0.25) is 0 Å². The molecule has 3 aromatic heterocycles.